The Balaban J connectivity index is 0.000000549. The van der Waals surface area contributed by atoms with Crippen LogP contribution in [0.2, 0.25) is 0 Å². The number of aromatic nitrogens is 1. The molecule has 8 heteroatoms. The van der Waals surface area contributed by atoms with Crippen molar-refractivity contribution >= 4 is 17.8 Å². The van der Waals surface area contributed by atoms with Gasteiger partial charge >= 0.3 is 11.9 Å². The molecular weight excluding hydrogens is 460 g/mol. The summed E-state index contributed by atoms with van der Waals surface area (Å²) in [6.07, 6.45) is 2.53. The van der Waals surface area contributed by atoms with Crippen molar-refractivity contribution in [2.45, 2.75) is 46.6 Å². The Bertz CT molecular complexity index is 1090. The zero-order valence-corrected chi connectivity index (χ0v) is 21.4. The van der Waals surface area contributed by atoms with Gasteiger partial charge in [-0.1, -0.05) is 73.2 Å². The summed E-state index contributed by atoms with van der Waals surface area (Å²) < 4.78 is 14.9. The number of methoxy groups -OCH3 is 1. The molecule has 36 heavy (non-hydrogen) atoms. The molecule has 2 N–H and O–H groups in total. The molecule has 0 bridgehead atoms. The van der Waals surface area contributed by atoms with Crippen LogP contribution in [0.4, 0.5) is 0 Å². The molecule has 0 aliphatic heterocycles. The molecule has 0 unspecified atom stereocenters. The molecule has 0 aliphatic rings. The Hall–Kier alpha value is -4.20. The van der Waals surface area contributed by atoms with Gasteiger partial charge in [0, 0.05) is 33.5 Å². The third-order valence-electron chi connectivity index (χ3n) is 4.50. The van der Waals surface area contributed by atoms with E-state index in [2.05, 4.69) is 24.0 Å². The molecule has 1 heterocycles. The number of hydrogen-bond acceptors (Lipinski definition) is 7. The van der Waals surface area contributed by atoms with Crippen LogP contribution in [0.1, 0.15) is 50.2 Å². The maximum atomic E-state index is 11.0. The molecule has 1 amide bonds. The molecule has 3 aromatic rings. The first kappa shape index (κ1) is 29.8. The van der Waals surface area contributed by atoms with E-state index in [1.165, 1.54) is 37.4 Å². The number of nitrogens with two attached hydrogens (primary N) is 1. The first-order chi connectivity index (χ1) is 17.2. The standard InChI is InChI=1S/C12H16O2.C9H10N2O4.C7H8.H2/c1-3-12(13)14-10(2)9-11-7-5-4-6-8-11;1-5(12)15-8-6(14-2)3-4-11-7(8)9(10)13;1-7-5-3-2-4-6-7;/h4-8,10H,3,9H2,1-2H3;3-4H,1-2H3,(H2,10,13);2-6H,1H3;1H/t10-;;;/m0.../s1. The number of pyridine rings is 1. The molecule has 1 aromatic heterocycles. The van der Waals surface area contributed by atoms with Gasteiger partial charge < -0.3 is 19.9 Å². The summed E-state index contributed by atoms with van der Waals surface area (Å²) in [6.45, 7) is 7.01. The fourth-order valence-electron chi connectivity index (χ4n) is 2.84. The molecule has 2 aromatic carbocycles. The summed E-state index contributed by atoms with van der Waals surface area (Å²) in [6, 6.07) is 21.8. The van der Waals surface area contributed by atoms with E-state index in [4.69, 9.17) is 19.9 Å². The van der Waals surface area contributed by atoms with Crippen LogP contribution in [0, 0.1) is 6.92 Å². The number of nitrogens with zero attached hydrogens (tertiary/aromatic N) is 1. The maximum Gasteiger partial charge on any atom is 0.308 e. The Kier molecular flexibility index (Phi) is 13.6. The molecule has 194 valence electrons. The lowest BCUT2D eigenvalue weighted by atomic mass is 10.1. The van der Waals surface area contributed by atoms with Crippen LogP contribution in [-0.4, -0.2) is 36.0 Å². The Morgan fingerprint density at radius 2 is 1.58 bits per heavy atom. The normalized spacial score (nSPS) is 10.4. The number of hydrogen-bond donors (Lipinski definition) is 1. The summed E-state index contributed by atoms with van der Waals surface area (Å²) in [5.74, 6) is -1.32. The van der Waals surface area contributed by atoms with Gasteiger partial charge in [-0.25, -0.2) is 4.98 Å². The van der Waals surface area contributed by atoms with Gasteiger partial charge in [0.2, 0.25) is 5.75 Å². The number of carbonyl (C=O) groups excluding carboxylic acids is 3. The highest BCUT2D eigenvalue weighted by molar-refractivity contribution is 5.95. The number of benzene rings is 2. The van der Waals surface area contributed by atoms with Gasteiger partial charge in [0.15, 0.2) is 11.4 Å². The van der Waals surface area contributed by atoms with Crippen LogP contribution >= 0.6 is 0 Å². The third kappa shape index (κ3) is 11.8. The third-order valence-corrected chi connectivity index (χ3v) is 4.50. The highest BCUT2D eigenvalue weighted by atomic mass is 16.6. The SMILES string of the molecule is CCC(=O)O[C@@H](C)Cc1ccccc1.COc1ccnc(C(N)=O)c1OC(C)=O.Cc1ccccc1.[HH]. The van der Waals surface area contributed by atoms with Crippen LogP contribution in [0.25, 0.3) is 0 Å². The van der Waals surface area contributed by atoms with Gasteiger partial charge in [0.1, 0.15) is 6.10 Å². The summed E-state index contributed by atoms with van der Waals surface area (Å²) in [5, 5.41) is 0. The minimum atomic E-state index is -0.787. The van der Waals surface area contributed by atoms with Crippen LogP contribution in [0.5, 0.6) is 11.5 Å². The van der Waals surface area contributed by atoms with Crippen molar-refractivity contribution < 1.29 is 30.0 Å². The zero-order valence-electron chi connectivity index (χ0n) is 21.4. The number of rotatable bonds is 7. The van der Waals surface area contributed by atoms with Gasteiger partial charge in [-0.05, 0) is 19.4 Å². The van der Waals surface area contributed by atoms with E-state index in [0.29, 0.717) is 6.42 Å². The fraction of sp³-hybridized carbons (Fsp3) is 0.286. The number of ether oxygens (including phenoxy) is 3. The molecule has 3 rings (SSSR count). The second-order valence-electron chi connectivity index (χ2n) is 7.65. The van der Waals surface area contributed by atoms with Crippen LogP contribution in [0.3, 0.4) is 0 Å². The van der Waals surface area contributed by atoms with E-state index >= 15 is 0 Å². The summed E-state index contributed by atoms with van der Waals surface area (Å²) in [4.78, 5) is 36.5. The van der Waals surface area contributed by atoms with E-state index in [-0.39, 0.29) is 30.7 Å². The van der Waals surface area contributed by atoms with E-state index in [9.17, 15) is 14.4 Å². The van der Waals surface area contributed by atoms with Crippen LogP contribution in [0.15, 0.2) is 72.9 Å². The van der Waals surface area contributed by atoms with E-state index in [1.54, 1.807) is 6.92 Å². The van der Waals surface area contributed by atoms with Crippen molar-refractivity contribution in [2.24, 2.45) is 5.73 Å². The average molecular weight is 497 g/mol. The number of primary amides is 1. The number of aryl methyl sites for hydroxylation is 1. The smallest absolute Gasteiger partial charge is 0.308 e. The lowest BCUT2D eigenvalue weighted by Crippen LogP contribution is -2.16. The largest absolute Gasteiger partial charge is 0.493 e. The van der Waals surface area contributed by atoms with Crippen molar-refractivity contribution in [2.75, 3.05) is 7.11 Å². The highest BCUT2D eigenvalue weighted by Crippen LogP contribution is 2.29. The zero-order chi connectivity index (χ0) is 26.9. The number of carbonyl (C=O) groups is 3. The van der Waals surface area contributed by atoms with Crippen molar-refractivity contribution in [3.05, 3.63) is 89.7 Å². The van der Waals surface area contributed by atoms with E-state index < -0.39 is 11.9 Å². The van der Waals surface area contributed by atoms with Gasteiger partial charge in [0.05, 0.1) is 7.11 Å². The van der Waals surface area contributed by atoms with Crippen molar-refractivity contribution in [1.82, 2.24) is 4.98 Å². The first-order valence-corrected chi connectivity index (χ1v) is 11.4. The second kappa shape index (κ2) is 16.4. The minimum absolute atomic E-state index is 0. The van der Waals surface area contributed by atoms with Gasteiger partial charge in [-0.15, -0.1) is 0 Å². The average Bonchev–Trinajstić information content (AvgIpc) is 2.85. The summed E-state index contributed by atoms with van der Waals surface area (Å²) in [5.41, 5.74) is 7.45. The minimum Gasteiger partial charge on any atom is -0.493 e. The Morgan fingerprint density at radius 3 is 2.03 bits per heavy atom. The predicted octanol–water partition coefficient (Wildman–Crippen LogP) is 4.93. The highest BCUT2D eigenvalue weighted by Gasteiger charge is 2.18. The summed E-state index contributed by atoms with van der Waals surface area (Å²) >= 11 is 0. The van der Waals surface area contributed by atoms with E-state index in [1.807, 2.05) is 55.5 Å². The van der Waals surface area contributed by atoms with Gasteiger partial charge in [-0.3, -0.25) is 14.4 Å². The molecule has 0 radical (unpaired) electrons. The number of amides is 1. The molecule has 0 aliphatic carbocycles. The first-order valence-electron chi connectivity index (χ1n) is 11.4. The van der Waals surface area contributed by atoms with Crippen molar-refractivity contribution in [3.63, 3.8) is 0 Å². The fourth-order valence-corrected chi connectivity index (χ4v) is 2.84. The second-order valence-corrected chi connectivity index (χ2v) is 7.65. The molecule has 0 spiro atoms. The molecule has 8 nitrogen and oxygen atoms in total. The molecule has 0 saturated carbocycles. The van der Waals surface area contributed by atoms with Gasteiger partial charge in [-0.2, -0.15) is 0 Å². The summed E-state index contributed by atoms with van der Waals surface area (Å²) in [7, 11) is 1.38. The molecule has 0 fully saturated rings. The van der Waals surface area contributed by atoms with Crippen LogP contribution < -0.4 is 15.2 Å². The molecular formula is C28H36N2O6. The molecule has 1 atom stereocenters. The Morgan fingerprint density at radius 1 is 1.00 bits per heavy atom. The maximum absolute atomic E-state index is 11.0. The molecule has 0 saturated heterocycles. The lowest BCUT2D eigenvalue weighted by molar-refractivity contribution is -0.147. The predicted molar refractivity (Wildman–Crippen MR) is 140 cm³/mol. The van der Waals surface area contributed by atoms with Gasteiger partial charge in [0.25, 0.3) is 5.91 Å². The topological polar surface area (TPSA) is 118 Å². The monoisotopic (exact) mass is 496 g/mol. The van der Waals surface area contributed by atoms with E-state index in [0.717, 1.165) is 6.42 Å². The van der Waals surface area contributed by atoms with Crippen molar-refractivity contribution in [3.8, 4) is 11.5 Å². The lowest BCUT2D eigenvalue weighted by Gasteiger charge is -2.12. The van der Waals surface area contributed by atoms with Crippen molar-refractivity contribution in [1.29, 1.82) is 0 Å². The Labute approximate surface area is 213 Å². The number of esters is 2. The van der Waals surface area contributed by atoms with Crippen LogP contribution in [-0.2, 0) is 20.7 Å². The quantitative estimate of drug-likeness (QED) is 0.461.